The number of rotatable bonds is 5. The van der Waals surface area contributed by atoms with Crippen LogP contribution in [0.15, 0.2) is 12.3 Å². The summed E-state index contributed by atoms with van der Waals surface area (Å²) < 4.78 is 0. The van der Waals surface area contributed by atoms with Gasteiger partial charge in [0.25, 0.3) is 0 Å². The van der Waals surface area contributed by atoms with E-state index in [0.29, 0.717) is 24.4 Å². The monoisotopic (exact) mass is 428 g/mol. The molecule has 1 aromatic heterocycles. The van der Waals surface area contributed by atoms with Crippen molar-refractivity contribution in [3.63, 3.8) is 0 Å². The van der Waals surface area contributed by atoms with Crippen LogP contribution in [-0.2, 0) is 4.79 Å². The first-order valence-corrected chi connectivity index (χ1v) is 12.6. The van der Waals surface area contributed by atoms with Gasteiger partial charge in [-0.1, -0.05) is 26.2 Å². The summed E-state index contributed by atoms with van der Waals surface area (Å²) in [6.07, 6.45) is 13.6. The standard InChI is InChI=1S/C24H40N6O/c1-2-23(31)30-17-9-11-21(19-30)29-16-8-5-10-20(18-29)26-24-25-13-12-22(27-24)28-14-6-3-4-7-15-28/h12-13,20-21H,2-11,14-19H2,1H3,(H,25,26,27). The molecule has 4 heterocycles. The van der Waals surface area contributed by atoms with E-state index in [9.17, 15) is 4.79 Å². The normalized spacial score (nSPS) is 26.2. The third-order valence-corrected chi connectivity index (χ3v) is 7.18. The maximum atomic E-state index is 12.2. The molecule has 1 aromatic rings. The van der Waals surface area contributed by atoms with Crippen molar-refractivity contribution in [1.29, 1.82) is 0 Å². The second-order valence-corrected chi connectivity index (χ2v) is 9.46. The SMILES string of the molecule is CCC(=O)N1CCCC(N2CCCCC(Nc3nccc(N4CCCCCC4)n3)C2)C1. The van der Waals surface area contributed by atoms with E-state index in [1.807, 2.05) is 13.1 Å². The predicted octanol–water partition coefficient (Wildman–Crippen LogP) is 3.52. The Kier molecular flexibility index (Phi) is 8.00. The minimum Gasteiger partial charge on any atom is -0.356 e. The lowest BCUT2D eigenvalue weighted by atomic mass is 10.0. The van der Waals surface area contributed by atoms with Crippen LogP contribution in [0.3, 0.4) is 0 Å². The summed E-state index contributed by atoms with van der Waals surface area (Å²) in [6.45, 7) is 8.13. The first-order chi connectivity index (χ1) is 15.2. The van der Waals surface area contributed by atoms with Crippen molar-refractivity contribution in [1.82, 2.24) is 19.8 Å². The zero-order valence-corrected chi connectivity index (χ0v) is 19.3. The fraction of sp³-hybridized carbons (Fsp3) is 0.792. The van der Waals surface area contributed by atoms with Gasteiger partial charge in [-0.25, -0.2) is 4.98 Å². The maximum absolute atomic E-state index is 12.2. The number of nitrogens with zero attached hydrogens (tertiary/aromatic N) is 5. The Morgan fingerprint density at radius 3 is 2.61 bits per heavy atom. The molecule has 3 saturated heterocycles. The molecule has 0 bridgehead atoms. The second-order valence-electron chi connectivity index (χ2n) is 9.46. The van der Waals surface area contributed by atoms with Gasteiger partial charge in [-0.15, -0.1) is 0 Å². The van der Waals surface area contributed by atoms with Gasteiger partial charge in [0, 0.05) is 57.4 Å². The van der Waals surface area contributed by atoms with E-state index >= 15 is 0 Å². The Balaban J connectivity index is 1.38. The first kappa shape index (κ1) is 22.3. The molecule has 4 rings (SSSR count). The highest BCUT2D eigenvalue weighted by molar-refractivity contribution is 5.75. The van der Waals surface area contributed by atoms with Gasteiger partial charge in [0.05, 0.1) is 0 Å². The molecule has 7 nitrogen and oxygen atoms in total. The van der Waals surface area contributed by atoms with Crippen LogP contribution in [0.2, 0.25) is 0 Å². The number of carbonyl (C=O) groups is 1. The second kappa shape index (κ2) is 11.1. The van der Waals surface area contributed by atoms with Crippen LogP contribution < -0.4 is 10.2 Å². The Bertz CT molecular complexity index is 705. The number of anilines is 2. The highest BCUT2D eigenvalue weighted by atomic mass is 16.2. The molecule has 0 saturated carbocycles. The molecule has 2 unspecified atom stereocenters. The molecule has 7 heteroatoms. The molecule has 0 spiro atoms. The molecule has 3 fully saturated rings. The number of piperidine rings is 1. The largest absolute Gasteiger partial charge is 0.356 e. The Morgan fingerprint density at radius 1 is 1.00 bits per heavy atom. The average Bonchev–Trinajstić information content (AvgIpc) is 3.22. The lowest BCUT2D eigenvalue weighted by Gasteiger charge is -2.40. The molecule has 1 amide bonds. The van der Waals surface area contributed by atoms with Crippen LogP contribution in [0.5, 0.6) is 0 Å². The van der Waals surface area contributed by atoms with Gasteiger partial charge in [0.1, 0.15) is 5.82 Å². The van der Waals surface area contributed by atoms with E-state index in [1.165, 1.54) is 44.9 Å². The fourth-order valence-corrected chi connectivity index (χ4v) is 5.40. The molecule has 172 valence electrons. The number of hydrogen-bond acceptors (Lipinski definition) is 6. The van der Waals surface area contributed by atoms with E-state index < -0.39 is 0 Å². The van der Waals surface area contributed by atoms with E-state index in [-0.39, 0.29) is 0 Å². The smallest absolute Gasteiger partial charge is 0.224 e. The number of likely N-dealkylation sites (tertiary alicyclic amines) is 2. The summed E-state index contributed by atoms with van der Waals surface area (Å²) >= 11 is 0. The van der Waals surface area contributed by atoms with Crippen LogP contribution in [0.1, 0.15) is 71.1 Å². The Hall–Kier alpha value is -1.89. The van der Waals surface area contributed by atoms with Gasteiger partial charge in [-0.3, -0.25) is 9.69 Å². The van der Waals surface area contributed by atoms with Gasteiger partial charge in [0.15, 0.2) is 0 Å². The third-order valence-electron chi connectivity index (χ3n) is 7.18. The number of carbonyl (C=O) groups excluding carboxylic acids is 1. The molecule has 31 heavy (non-hydrogen) atoms. The summed E-state index contributed by atoms with van der Waals surface area (Å²) in [4.78, 5) is 28.8. The van der Waals surface area contributed by atoms with Crippen molar-refractivity contribution in [3.05, 3.63) is 12.3 Å². The lowest BCUT2D eigenvalue weighted by Crippen LogP contribution is -2.51. The highest BCUT2D eigenvalue weighted by Crippen LogP contribution is 2.23. The van der Waals surface area contributed by atoms with Crippen molar-refractivity contribution in [2.45, 2.75) is 83.2 Å². The Labute approximate surface area is 187 Å². The van der Waals surface area contributed by atoms with E-state index in [0.717, 1.165) is 63.9 Å². The Morgan fingerprint density at radius 2 is 1.81 bits per heavy atom. The predicted molar refractivity (Wildman–Crippen MR) is 125 cm³/mol. The average molecular weight is 429 g/mol. The van der Waals surface area contributed by atoms with Gasteiger partial charge in [-0.2, -0.15) is 4.98 Å². The van der Waals surface area contributed by atoms with Crippen molar-refractivity contribution < 1.29 is 4.79 Å². The maximum Gasteiger partial charge on any atom is 0.224 e. The van der Waals surface area contributed by atoms with Crippen LogP contribution in [0.25, 0.3) is 0 Å². The van der Waals surface area contributed by atoms with Crippen molar-refractivity contribution >= 4 is 17.7 Å². The topological polar surface area (TPSA) is 64.6 Å². The summed E-state index contributed by atoms with van der Waals surface area (Å²) in [6, 6.07) is 2.90. The zero-order chi connectivity index (χ0) is 21.5. The van der Waals surface area contributed by atoms with E-state index in [2.05, 4.69) is 31.1 Å². The molecular weight excluding hydrogens is 388 g/mol. The van der Waals surface area contributed by atoms with Gasteiger partial charge in [-0.05, 0) is 51.1 Å². The summed E-state index contributed by atoms with van der Waals surface area (Å²) in [7, 11) is 0. The molecular formula is C24H40N6O. The molecule has 0 aromatic carbocycles. The molecule has 0 radical (unpaired) electrons. The van der Waals surface area contributed by atoms with Gasteiger partial charge in [0.2, 0.25) is 11.9 Å². The first-order valence-electron chi connectivity index (χ1n) is 12.6. The minimum absolute atomic E-state index is 0.299. The van der Waals surface area contributed by atoms with Gasteiger partial charge < -0.3 is 15.1 Å². The number of hydrogen-bond donors (Lipinski definition) is 1. The van der Waals surface area contributed by atoms with E-state index in [4.69, 9.17) is 4.98 Å². The van der Waals surface area contributed by atoms with Crippen molar-refractivity contribution in [2.75, 3.05) is 49.5 Å². The molecule has 0 aliphatic carbocycles. The quantitative estimate of drug-likeness (QED) is 0.774. The minimum atomic E-state index is 0.299. The number of amides is 1. The third kappa shape index (κ3) is 6.09. The van der Waals surface area contributed by atoms with Crippen LogP contribution >= 0.6 is 0 Å². The molecule has 2 atom stereocenters. The molecule has 3 aliphatic rings. The van der Waals surface area contributed by atoms with E-state index in [1.54, 1.807) is 0 Å². The number of nitrogens with one attached hydrogen (secondary N) is 1. The lowest BCUT2D eigenvalue weighted by molar-refractivity contribution is -0.133. The zero-order valence-electron chi connectivity index (χ0n) is 19.3. The molecule has 1 N–H and O–H groups in total. The summed E-state index contributed by atoms with van der Waals surface area (Å²) in [5, 5.41) is 3.66. The summed E-state index contributed by atoms with van der Waals surface area (Å²) in [5.41, 5.74) is 0. The number of aromatic nitrogens is 2. The van der Waals surface area contributed by atoms with Crippen LogP contribution in [0.4, 0.5) is 11.8 Å². The van der Waals surface area contributed by atoms with Gasteiger partial charge >= 0.3 is 0 Å². The van der Waals surface area contributed by atoms with Crippen molar-refractivity contribution in [3.8, 4) is 0 Å². The summed E-state index contributed by atoms with van der Waals surface area (Å²) in [5.74, 6) is 2.12. The van der Waals surface area contributed by atoms with Crippen LogP contribution in [-0.4, -0.2) is 77.0 Å². The van der Waals surface area contributed by atoms with Crippen molar-refractivity contribution in [2.24, 2.45) is 0 Å². The van der Waals surface area contributed by atoms with Crippen LogP contribution in [0, 0.1) is 0 Å². The molecule has 3 aliphatic heterocycles. The highest BCUT2D eigenvalue weighted by Gasteiger charge is 2.30. The fourth-order valence-electron chi connectivity index (χ4n) is 5.40.